The molecule has 0 aromatic heterocycles. The van der Waals surface area contributed by atoms with E-state index in [9.17, 15) is 22.8 Å². The molecule has 1 aromatic carbocycles. The van der Waals surface area contributed by atoms with Crippen molar-refractivity contribution >= 4 is 11.8 Å². The van der Waals surface area contributed by atoms with Crippen molar-refractivity contribution in [3.8, 4) is 0 Å². The summed E-state index contributed by atoms with van der Waals surface area (Å²) in [6, 6.07) is 9.77. The number of nitrogens with one attached hydrogen (secondary N) is 1. The minimum Gasteiger partial charge on any atom is -0.347 e. The van der Waals surface area contributed by atoms with Crippen LogP contribution in [0.5, 0.6) is 0 Å². The van der Waals surface area contributed by atoms with Crippen LogP contribution in [0.3, 0.4) is 0 Å². The SMILES string of the molecule is CC1(C)CN(C(=O)CC(=O)NCC(F)(F)F)CC1c1ccccc1. The molecule has 1 aliphatic heterocycles. The van der Waals surface area contributed by atoms with Crippen molar-refractivity contribution in [2.24, 2.45) is 5.41 Å². The third-order valence-electron chi connectivity index (χ3n) is 4.30. The van der Waals surface area contributed by atoms with Gasteiger partial charge >= 0.3 is 6.18 Å². The molecule has 1 aliphatic rings. The van der Waals surface area contributed by atoms with Gasteiger partial charge in [-0.25, -0.2) is 0 Å². The first-order valence-corrected chi connectivity index (χ1v) is 7.75. The standard InChI is InChI=1S/C17H21F3N2O2/c1-16(2)11-22(9-13(16)12-6-4-3-5-7-12)15(24)8-14(23)21-10-17(18,19)20/h3-7,13H,8-11H2,1-2H3,(H,21,23). The molecule has 2 amide bonds. The molecule has 0 radical (unpaired) electrons. The summed E-state index contributed by atoms with van der Waals surface area (Å²) in [6.07, 6.45) is -5.04. The lowest BCUT2D eigenvalue weighted by Gasteiger charge is -2.25. The van der Waals surface area contributed by atoms with Crippen LogP contribution in [-0.2, 0) is 9.59 Å². The van der Waals surface area contributed by atoms with Gasteiger partial charge in [0.25, 0.3) is 0 Å². The minimum atomic E-state index is -4.48. The Bertz CT molecular complexity index is 600. The van der Waals surface area contributed by atoms with Crippen molar-refractivity contribution in [1.82, 2.24) is 10.2 Å². The largest absolute Gasteiger partial charge is 0.405 e. The van der Waals surface area contributed by atoms with Crippen LogP contribution in [0, 0.1) is 5.41 Å². The van der Waals surface area contributed by atoms with Crippen LogP contribution in [-0.4, -0.2) is 42.5 Å². The molecule has 2 rings (SSSR count). The van der Waals surface area contributed by atoms with Gasteiger partial charge in [0, 0.05) is 19.0 Å². The average Bonchev–Trinajstić information content (AvgIpc) is 2.81. The third kappa shape index (κ3) is 4.72. The number of halogens is 3. The lowest BCUT2D eigenvalue weighted by atomic mass is 9.78. The van der Waals surface area contributed by atoms with E-state index in [0.717, 1.165) is 5.56 Å². The molecule has 132 valence electrons. The molecule has 4 nitrogen and oxygen atoms in total. The molecular weight excluding hydrogens is 321 g/mol. The first kappa shape index (κ1) is 18.3. The lowest BCUT2D eigenvalue weighted by Crippen LogP contribution is -2.38. The van der Waals surface area contributed by atoms with Gasteiger partial charge in [-0.2, -0.15) is 13.2 Å². The first-order chi connectivity index (χ1) is 11.1. The molecule has 0 aliphatic carbocycles. The summed E-state index contributed by atoms with van der Waals surface area (Å²) in [5.41, 5.74) is 0.943. The normalized spacial score (nSPS) is 20.0. The molecule has 1 fully saturated rings. The highest BCUT2D eigenvalue weighted by atomic mass is 19.4. The first-order valence-electron chi connectivity index (χ1n) is 7.75. The van der Waals surface area contributed by atoms with E-state index >= 15 is 0 Å². The van der Waals surface area contributed by atoms with Crippen LogP contribution in [0.2, 0.25) is 0 Å². The fourth-order valence-corrected chi connectivity index (χ4v) is 3.08. The number of amides is 2. The maximum atomic E-state index is 12.2. The number of hydrogen-bond acceptors (Lipinski definition) is 2. The highest BCUT2D eigenvalue weighted by Crippen LogP contribution is 2.42. The molecule has 0 bridgehead atoms. The maximum absolute atomic E-state index is 12.2. The summed E-state index contributed by atoms with van der Waals surface area (Å²) in [4.78, 5) is 25.3. The fourth-order valence-electron chi connectivity index (χ4n) is 3.08. The Balaban J connectivity index is 1.96. The van der Waals surface area contributed by atoms with Gasteiger partial charge in [-0.15, -0.1) is 0 Å². The second-order valence-electron chi connectivity index (χ2n) is 6.79. The van der Waals surface area contributed by atoms with Gasteiger partial charge in [0.05, 0.1) is 0 Å². The minimum absolute atomic E-state index is 0.126. The Hall–Kier alpha value is -2.05. The zero-order chi connectivity index (χ0) is 18.0. The monoisotopic (exact) mass is 342 g/mol. The number of hydrogen-bond donors (Lipinski definition) is 1. The van der Waals surface area contributed by atoms with Crippen molar-refractivity contribution in [3.63, 3.8) is 0 Å². The zero-order valence-electron chi connectivity index (χ0n) is 13.7. The molecule has 1 unspecified atom stereocenters. The van der Waals surface area contributed by atoms with E-state index in [0.29, 0.717) is 13.1 Å². The Morgan fingerprint density at radius 3 is 2.46 bits per heavy atom. The smallest absolute Gasteiger partial charge is 0.347 e. The number of alkyl halides is 3. The van der Waals surface area contributed by atoms with Crippen molar-refractivity contribution in [1.29, 1.82) is 0 Å². The summed E-state index contributed by atoms with van der Waals surface area (Å²) in [6.45, 7) is 3.60. The number of rotatable bonds is 4. The van der Waals surface area contributed by atoms with Crippen LogP contribution in [0.1, 0.15) is 31.7 Å². The summed E-state index contributed by atoms with van der Waals surface area (Å²) in [5.74, 6) is -1.22. The van der Waals surface area contributed by atoms with E-state index in [4.69, 9.17) is 0 Å². The second-order valence-corrected chi connectivity index (χ2v) is 6.79. The van der Waals surface area contributed by atoms with E-state index in [1.54, 1.807) is 10.2 Å². The topological polar surface area (TPSA) is 49.4 Å². The van der Waals surface area contributed by atoms with E-state index < -0.39 is 31.0 Å². The van der Waals surface area contributed by atoms with Crippen molar-refractivity contribution in [2.45, 2.75) is 32.4 Å². The number of carbonyl (C=O) groups excluding carboxylic acids is 2. The Kier molecular flexibility index (Phi) is 5.20. The summed E-state index contributed by atoms with van der Waals surface area (Å²) < 4.78 is 36.3. The molecule has 1 heterocycles. The molecule has 0 saturated carbocycles. The van der Waals surface area contributed by atoms with Gasteiger partial charge in [-0.1, -0.05) is 44.2 Å². The lowest BCUT2D eigenvalue weighted by molar-refractivity contribution is -0.143. The molecule has 24 heavy (non-hydrogen) atoms. The third-order valence-corrected chi connectivity index (χ3v) is 4.30. The van der Waals surface area contributed by atoms with E-state index in [1.807, 2.05) is 44.2 Å². The molecule has 7 heteroatoms. The summed E-state index contributed by atoms with van der Waals surface area (Å²) in [7, 11) is 0. The van der Waals surface area contributed by atoms with E-state index in [-0.39, 0.29) is 11.3 Å². The molecule has 1 aromatic rings. The number of likely N-dealkylation sites (tertiary alicyclic amines) is 1. The molecule has 1 saturated heterocycles. The Morgan fingerprint density at radius 2 is 1.88 bits per heavy atom. The van der Waals surface area contributed by atoms with Crippen LogP contribution in [0.25, 0.3) is 0 Å². The number of carbonyl (C=O) groups is 2. The van der Waals surface area contributed by atoms with Gasteiger partial charge in [-0.3, -0.25) is 9.59 Å². The van der Waals surface area contributed by atoms with Crippen molar-refractivity contribution in [2.75, 3.05) is 19.6 Å². The van der Waals surface area contributed by atoms with Gasteiger partial charge in [0.1, 0.15) is 13.0 Å². The molecule has 1 atom stereocenters. The van der Waals surface area contributed by atoms with E-state index in [2.05, 4.69) is 0 Å². The van der Waals surface area contributed by atoms with Gasteiger partial charge < -0.3 is 10.2 Å². The van der Waals surface area contributed by atoms with Crippen LogP contribution < -0.4 is 5.32 Å². The predicted octanol–water partition coefficient (Wildman–Crippen LogP) is 2.71. The maximum Gasteiger partial charge on any atom is 0.405 e. The average molecular weight is 342 g/mol. The molecular formula is C17H21F3N2O2. The van der Waals surface area contributed by atoms with E-state index in [1.165, 1.54) is 0 Å². The fraction of sp³-hybridized carbons (Fsp3) is 0.529. The molecule has 0 spiro atoms. The van der Waals surface area contributed by atoms with Crippen LogP contribution in [0.4, 0.5) is 13.2 Å². The molecule has 1 N–H and O–H groups in total. The van der Waals surface area contributed by atoms with Gasteiger partial charge in [0.2, 0.25) is 11.8 Å². The highest BCUT2D eigenvalue weighted by molar-refractivity contribution is 5.97. The summed E-state index contributed by atoms with van der Waals surface area (Å²) >= 11 is 0. The van der Waals surface area contributed by atoms with Gasteiger partial charge in [0.15, 0.2) is 0 Å². The predicted molar refractivity (Wildman–Crippen MR) is 83.2 cm³/mol. The van der Waals surface area contributed by atoms with Crippen LogP contribution >= 0.6 is 0 Å². The van der Waals surface area contributed by atoms with Crippen LogP contribution in [0.15, 0.2) is 30.3 Å². The van der Waals surface area contributed by atoms with Crippen molar-refractivity contribution < 1.29 is 22.8 Å². The Morgan fingerprint density at radius 1 is 1.25 bits per heavy atom. The highest BCUT2D eigenvalue weighted by Gasteiger charge is 2.42. The Labute approximate surface area is 139 Å². The van der Waals surface area contributed by atoms with Crippen molar-refractivity contribution in [3.05, 3.63) is 35.9 Å². The summed E-state index contributed by atoms with van der Waals surface area (Å²) in [5, 5.41) is 1.73. The van der Waals surface area contributed by atoms with Gasteiger partial charge in [-0.05, 0) is 11.0 Å². The number of benzene rings is 1. The zero-order valence-corrected chi connectivity index (χ0v) is 13.7. The number of nitrogens with zero attached hydrogens (tertiary/aromatic N) is 1. The quantitative estimate of drug-likeness (QED) is 0.856. The second kappa shape index (κ2) is 6.83.